The summed E-state index contributed by atoms with van der Waals surface area (Å²) in [7, 11) is 0. The van der Waals surface area contributed by atoms with E-state index in [0.717, 1.165) is 0 Å². The molecule has 3 N–H and O–H groups in total. The fourth-order valence-electron chi connectivity index (χ4n) is 0. The standard InChI is InChI=1S/2C3H7.C2H4OS.CH3NOS.CH4.2K.H2N/c2*1-3-2;1-2(3)4;2-1(3)4;;;;/h2*3H,1-2H3;1H3,(H,3,4);(H3,2,3,4);1H4;;;1H2/q2*-1;;;;2*+1;-1/p-1. The number of nitrogens with one attached hydrogen (secondary N) is 1. The Morgan fingerprint density at radius 3 is 0.944 bits per heavy atom. The summed E-state index contributed by atoms with van der Waals surface area (Å²) in [6, 6.07) is 0. The van der Waals surface area contributed by atoms with Crippen molar-refractivity contribution in [2.24, 2.45) is 0 Å². The zero-order chi connectivity index (χ0) is 12.6. The summed E-state index contributed by atoms with van der Waals surface area (Å²) in [6.07, 6.45) is 4.00. The van der Waals surface area contributed by atoms with Gasteiger partial charge in [-0.3, -0.25) is 4.79 Å². The van der Waals surface area contributed by atoms with E-state index in [1.54, 1.807) is 0 Å². The van der Waals surface area contributed by atoms with Gasteiger partial charge in [0.1, 0.15) is 5.24 Å². The fraction of sp³-hybridized carbons (Fsp3) is 0.600. The smallest absolute Gasteiger partial charge is 0.693 e. The number of hydrogen-bond acceptors (Lipinski definition) is 2. The molecule has 0 rings (SSSR count). The van der Waals surface area contributed by atoms with Crippen LogP contribution in [-0.4, -0.2) is 10.4 Å². The van der Waals surface area contributed by atoms with Crippen LogP contribution in [0.4, 0.5) is 4.79 Å². The Morgan fingerprint density at radius 1 is 0.944 bits per heavy atom. The summed E-state index contributed by atoms with van der Waals surface area (Å²) >= 11 is 6.32. The van der Waals surface area contributed by atoms with E-state index in [-0.39, 0.29) is 121 Å². The molecule has 0 bridgehead atoms. The number of hydrogen-bond donors (Lipinski definition) is 2. The first kappa shape index (κ1) is 49.7. The monoisotopic (exact) mass is 348 g/mol. The maximum absolute atomic E-state index is 9.31. The molecule has 0 fully saturated rings. The normalized spacial score (nSPS) is 4.83. The Morgan fingerprint density at radius 2 is 0.944 bits per heavy atom. The van der Waals surface area contributed by atoms with Crippen LogP contribution in [0.3, 0.4) is 0 Å². The van der Waals surface area contributed by atoms with E-state index in [0.29, 0.717) is 0 Å². The van der Waals surface area contributed by atoms with E-state index in [1.807, 2.05) is 40.5 Å². The van der Waals surface area contributed by atoms with Gasteiger partial charge >= 0.3 is 103 Å². The number of rotatable bonds is 0. The first-order valence-corrected chi connectivity index (χ1v) is 4.81. The van der Waals surface area contributed by atoms with Crippen LogP contribution in [0.2, 0.25) is 0 Å². The van der Waals surface area contributed by atoms with Gasteiger partial charge in [0.2, 0.25) is 0 Å². The molecule has 0 atom stereocenters. The minimum atomic E-state index is -0.889. The molecule has 0 heterocycles. The van der Waals surface area contributed by atoms with Crippen molar-refractivity contribution in [2.75, 3.05) is 0 Å². The van der Waals surface area contributed by atoms with Gasteiger partial charge in [-0.1, -0.05) is 7.43 Å². The molecule has 4 nitrogen and oxygen atoms in total. The number of carbonyl (C=O) groups excluding carboxylic acids is 2. The molecule has 0 spiro atoms. The molecule has 0 aromatic rings. The van der Waals surface area contributed by atoms with Crippen molar-refractivity contribution in [1.82, 2.24) is 0 Å². The quantitative estimate of drug-likeness (QED) is 0.347. The summed E-state index contributed by atoms with van der Waals surface area (Å²) < 4.78 is 0. The molecule has 104 valence electrons. The van der Waals surface area contributed by atoms with Crippen molar-refractivity contribution in [3.63, 3.8) is 0 Å². The van der Waals surface area contributed by atoms with Gasteiger partial charge in [0.25, 0.3) is 0 Å². The molecule has 0 aliphatic carbocycles. The molecule has 0 unspecified atom stereocenters. The topological polar surface area (TPSA) is 91.4 Å². The molecule has 0 aromatic heterocycles. The van der Waals surface area contributed by atoms with Gasteiger partial charge in [0.15, 0.2) is 5.12 Å². The first-order chi connectivity index (χ1) is 6.29. The van der Waals surface area contributed by atoms with Crippen LogP contribution in [0.5, 0.6) is 0 Å². The molecule has 0 aliphatic rings. The average molecular weight is 349 g/mol. The van der Waals surface area contributed by atoms with Crippen LogP contribution in [0.25, 0.3) is 11.9 Å². The Kier molecular flexibility index (Phi) is 164. The number of nitrogens with two attached hydrogens (primary N) is 1. The number of amides is 1. The third-order valence-electron chi connectivity index (χ3n) is 0. The van der Waals surface area contributed by atoms with Crippen LogP contribution < -0.4 is 103 Å². The first-order valence-electron chi connectivity index (χ1n) is 3.91. The van der Waals surface area contributed by atoms with Crippen LogP contribution in [0.1, 0.15) is 42.0 Å². The van der Waals surface area contributed by atoms with Gasteiger partial charge < -0.3 is 29.5 Å². The Balaban J connectivity index is -0.0000000116. The van der Waals surface area contributed by atoms with Crippen molar-refractivity contribution in [3.05, 3.63) is 24.7 Å². The summed E-state index contributed by atoms with van der Waals surface area (Å²) in [5, 5.41) is -1.03. The van der Waals surface area contributed by atoms with Gasteiger partial charge in [-0.2, -0.15) is 27.7 Å². The molecule has 0 aliphatic heterocycles. The van der Waals surface area contributed by atoms with E-state index in [4.69, 9.17) is 10.5 Å². The van der Waals surface area contributed by atoms with E-state index in [1.165, 1.54) is 6.92 Å². The van der Waals surface area contributed by atoms with Gasteiger partial charge in [0.05, 0.1) is 0 Å². The second kappa shape index (κ2) is 59.6. The number of thiol groups is 2. The summed E-state index contributed by atoms with van der Waals surface area (Å²) in [5.41, 5.74) is 5.81. The van der Waals surface area contributed by atoms with Crippen LogP contribution in [-0.2, 0) is 4.79 Å². The predicted molar refractivity (Wildman–Crippen MR) is 81.7 cm³/mol. The van der Waals surface area contributed by atoms with E-state index < -0.39 is 5.24 Å². The average Bonchev–Trinajstić information content (AvgIpc) is 1.85. The molecule has 0 aromatic carbocycles. The second-order valence-corrected chi connectivity index (χ2v) is 3.01. The van der Waals surface area contributed by atoms with Crippen molar-refractivity contribution >= 4 is 35.6 Å². The summed E-state index contributed by atoms with van der Waals surface area (Å²) in [5.74, 6) is 0. The molecule has 0 saturated heterocycles. The third kappa shape index (κ3) is 660. The minimum Gasteiger partial charge on any atom is -0.693 e. The Bertz CT molecular complexity index is 110. The zero-order valence-corrected chi connectivity index (χ0v) is 20.0. The summed E-state index contributed by atoms with van der Waals surface area (Å²) in [4.78, 5) is 18.3. The molecule has 0 radical (unpaired) electrons. The van der Waals surface area contributed by atoms with Crippen LogP contribution >= 0.6 is 25.3 Å². The van der Waals surface area contributed by atoms with Gasteiger partial charge in [0, 0.05) is 6.92 Å². The molecule has 18 heavy (non-hydrogen) atoms. The minimum absolute atomic E-state index is 0. The Labute approximate surface area is 210 Å². The van der Waals surface area contributed by atoms with Crippen molar-refractivity contribution in [1.29, 1.82) is 0 Å². The number of carbonyl (C=O) groups is 2. The second-order valence-electron chi connectivity index (χ2n) is 1.98. The van der Waals surface area contributed by atoms with Crippen LogP contribution in [0, 0.1) is 12.8 Å². The van der Waals surface area contributed by atoms with Crippen molar-refractivity contribution in [2.45, 2.75) is 42.0 Å². The van der Waals surface area contributed by atoms with E-state index in [9.17, 15) is 4.79 Å². The van der Waals surface area contributed by atoms with Crippen LogP contribution in [0.15, 0.2) is 0 Å². The van der Waals surface area contributed by atoms with Crippen molar-refractivity contribution in [3.8, 4) is 0 Å². The molecular formula is C10H26K2N2O2S2-2. The molecule has 8 heteroatoms. The fourth-order valence-corrected chi connectivity index (χ4v) is 0. The van der Waals surface area contributed by atoms with E-state index in [2.05, 4.69) is 25.3 Å². The van der Waals surface area contributed by atoms with Gasteiger partial charge in [-0.25, -0.2) is 0 Å². The maximum Gasteiger partial charge on any atom is 1.00 e. The Hall–Kier alpha value is 3.07. The van der Waals surface area contributed by atoms with E-state index >= 15 is 0 Å². The van der Waals surface area contributed by atoms with Crippen molar-refractivity contribution < 1.29 is 112 Å². The maximum atomic E-state index is 9.31. The summed E-state index contributed by atoms with van der Waals surface area (Å²) in [6.45, 7) is 9.39. The van der Waals surface area contributed by atoms with Gasteiger partial charge in [-0.15, -0.1) is 25.3 Å². The molecular weight excluding hydrogens is 322 g/mol. The molecule has 1 amide bonds. The predicted octanol–water partition coefficient (Wildman–Crippen LogP) is -0.627. The molecule has 0 saturated carbocycles. The van der Waals surface area contributed by atoms with Gasteiger partial charge in [-0.05, 0) is 0 Å². The largest absolute Gasteiger partial charge is 1.00 e. The SMILES string of the molecule is C.CC(=O)S.C[CH-]C.C[CH-]C.[K+].[K+].[NH-]C(=O)S.[NH2-]. The third-order valence-corrected chi connectivity index (χ3v) is 0. The zero-order valence-electron chi connectivity index (χ0n) is 11.9.